The van der Waals surface area contributed by atoms with Gasteiger partial charge < -0.3 is 20.1 Å². The molecule has 2 rings (SSSR count). The summed E-state index contributed by atoms with van der Waals surface area (Å²) in [4.78, 5) is 26.7. The quantitative estimate of drug-likeness (QED) is 0.775. The predicted octanol–water partition coefficient (Wildman–Crippen LogP) is 1.30. The molecule has 8 heteroatoms. The van der Waals surface area contributed by atoms with Crippen LogP contribution in [0.2, 0.25) is 0 Å². The molecule has 1 aliphatic rings. The van der Waals surface area contributed by atoms with Crippen LogP contribution in [0.4, 0.5) is 11.9 Å². The van der Waals surface area contributed by atoms with Gasteiger partial charge >= 0.3 is 5.97 Å². The highest BCUT2D eigenvalue weighted by Gasteiger charge is 2.26. The van der Waals surface area contributed by atoms with E-state index < -0.39 is 0 Å². The number of carbonyl (C=O) groups excluding carboxylic acids is 1. The molecule has 8 nitrogen and oxygen atoms in total. The van der Waals surface area contributed by atoms with E-state index in [0.29, 0.717) is 24.9 Å². The molecule has 0 spiro atoms. The summed E-state index contributed by atoms with van der Waals surface area (Å²) < 4.78 is 10.7. The van der Waals surface area contributed by atoms with Crippen LogP contribution in [0.3, 0.4) is 0 Å². The number of aromatic nitrogens is 3. The molecule has 0 aliphatic carbocycles. The van der Waals surface area contributed by atoms with Crippen molar-refractivity contribution in [3.05, 3.63) is 5.82 Å². The highest BCUT2D eigenvalue weighted by atomic mass is 16.5. The SMILES string of the molecule is CCOC(=O)CN(CC1CCCO1)c1nc(N)nc(C(C)(C)C)n1. The summed E-state index contributed by atoms with van der Waals surface area (Å²) in [5.41, 5.74) is 5.58. The number of nitrogens with zero attached hydrogens (tertiary/aromatic N) is 4. The van der Waals surface area contributed by atoms with Crippen molar-refractivity contribution in [3.8, 4) is 0 Å². The normalized spacial score (nSPS) is 17.8. The van der Waals surface area contributed by atoms with E-state index in [2.05, 4.69) is 15.0 Å². The van der Waals surface area contributed by atoms with Crippen molar-refractivity contribution in [2.24, 2.45) is 0 Å². The molecular weight excluding hydrogens is 310 g/mol. The van der Waals surface area contributed by atoms with Crippen LogP contribution >= 0.6 is 0 Å². The van der Waals surface area contributed by atoms with Crippen LogP contribution < -0.4 is 10.6 Å². The first-order valence-electron chi connectivity index (χ1n) is 8.33. The van der Waals surface area contributed by atoms with E-state index in [1.54, 1.807) is 11.8 Å². The first-order valence-corrected chi connectivity index (χ1v) is 8.33. The number of nitrogens with two attached hydrogens (primary N) is 1. The van der Waals surface area contributed by atoms with Crippen LogP contribution in [-0.2, 0) is 19.7 Å². The zero-order chi connectivity index (χ0) is 17.7. The topological polar surface area (TPSA) is 103 Å². The maximum absolute atomic E-state index is 12.0. The molecule has 1 aliphatic heterocycles. The van der Waals surface area contributed by atoms with E-state index in [1.165, 1.54) is 0 Å². The summed E-state index contributed by atoms with van der Waals surface area (Å²) in [6, 6.07) is 0. The van der Waals surface area contributed by atoms with Crippen LogP contribution in [0.25, 0.3) is 0 Å². The Morgan fingerprint density at radius 2 is 2.12 bits per heavy atom. The summed E-state index contributed by atoms with van der Waals surface area (Å²) in [7, 11) is 0. The van der Waals surface area contributed by atoms with Gasteiger partial charge in [-0.2, -0.15) is 15.0 Å². The van der Waals surface area contributed by atoms with Crippen LogP contribution in [-0.4, -0.2) is 53.3 Å². The van der Waals surface area contributed by atoms with E-state index >= 15 is 0 Å². The van der Waals surface area contributed by atoms with E-state index in [9.17, 15) is 4.79 Å². The number of ether oxygens (including phenoxy) is 2. The molecule has 1 fully saturated rings. The molecule has 2 heterocycles. The Hall–Kier alpha value is -1.96. The number of hydrogen-bond donors (Lipinski definition) is 1. The van der Waals surface area contributed by atoms with E-state index in [4.69, 9.17) is 15.2 Å². The van der Waals surface area contributed by atoms with Crippen molar-refractivity contribution in [1.29, 1.82) is 0 Å². The van der Waals surface area contributed by atoms with Crippen molar-refractivity contribution in [3.63, 3.8) is 0 Å². The summed E-state index contributed by atoms with van der Waals surface area (Å²) in [6.45, 7) is 9.43. The predicted molar refractivity (Wildman–Crippen MR) is 90.8 cm³/mol. The van der Waals surface area contributed by atoms with Gasteiger partial charge in [0.2, 0.25) is 11.9 Å². The molecule has 1 aromatic rings. The minimum absolute atomic E-state index is 0.0514. The Labute approximate surface area is 142 Å². The molecule has 24 heavy (non-hydrogen) atoms. The van der Waals surface area contributed by atoms with E-state index in [1.807, 2.05) is 20.8 Å². The smallest absolute Gasteiger partial charge is 0.325 e. The second-order valence-corrected chi connectivity index (χ2v) is 6.89. The van der Waals surface area contributed by atoms with Crippen molar-refractivity contribution >= 4 is 17.9 Å². The molecular formula is C16H27N5O3. The highest BCUT2D eigenvalue weighted by molar-refractivity contribution is 5.75. The van der Waals surface area contributed by atoms with Gasteiger partial charge in [0.05, 0.1) is 12.7 Å². The zero-order valence-electron chi connectivity index (χ0n) is 14.9. The third kappa shape index (κ3) is 5.02. The van der Waals surface area contributed by atoms with Gasteiger partial charge in [-0.15, -0.1) is 0 Å². The molecule has 2 N–H and O–H groups in total. The van der Waals surface area contributed by atoms with Crippen LogP contribution in [0.5, 0.6) is 0 Å². The van der Waals surface area contributed by atoms with Crippen molar-refractivity contribution in [2.75, 3.05) is 36.9 Å². The van der Waals surface area contributed by atoms with Crippen molar-refractivity contribution in [1.82, 2.24) is 15.0 Å². The lowest BCUT2D eigenvalue weighted by molar-refractivity contribution is -0.141. The van der Waals surface area contributed by atoms with Gasteiger partial charge in [-0.25, -0.2) is 0 Å². The molecule has 0 radical (unpaired) electrons. The second kappa shape index (κ2) is 7.74. The number of carbonyl (C=O) groups is 1. The fourth-order valence-electron chi connectivity index (χ4n) is 2.47. The third-order valence-corrected chi connectivity index (χ3v) is 3.67. The highest BCUT2D eigenvalue weighted by Crippen LogP contribution is 2.22. The van der Waals surface area contributed by atoms with Gasteiger partial charge in [0.15, 0.2) is 0 Å². The Kier molecular flexibility index (Phi) is 5.93. The summed E-state index contributed by atoms with van der Waals surface area (Å²) in [5, 5.41) is 0. The maximum atomic E-state index is 12.0. The van der Waals surface area contributed by atoms with E-state index in [0.717, 1.165) is 19.4 Å². The monoisotopic (exact) mass is 337 g/mol. The zero-order valence-corrected chi connectivity index (χ0v) is 14.9. The Morgan fingerprint density at radius 1 is 1.38 bits per heavy atom. The summed E-state index contributed by atoms with van der Waals surface area (Å²) in [6.07, 6.45) is 2.02. The van der Waals surface area contributed by atoms with Crippen LogP contribution in [0.15, 0.2) is 0 Å². The molecule has 1 aromatic heterocycles. The van der Waals surface area contributed by atoms with Gasteiger partial charge in [0.25, 0.3) is 0 Å². The third-order valence-electron chi connectivity index (χ3n) is 3.67. The average molecular weight is 337 g/mol. The fraction of sp³-hybridized carbons (Fsp3) is 0.750. The van der Waals surface area contributed by atoms with Gasteiger partial charge in [0.1, 0.15) is 12.4 Å². The van der Waals surface area contributed by atoms with Crippen LogP contribution in [0, 0.1) is 0 Å². The molecule has 1 atom stereocenters. The second-order valence-electron chi connectivity index (χ2n) is 6.89. The van der Waals surface area contributed by atoms with Gasteiger partial charge in [-0.1, -0.05) is 20.8 Å². The Balaban J connectivity index is 2.27. The van der Waals surface area contributed by atoms with Gasteiger partial charge in [-0.3, -0.25) is 4.79 Å². The molecule has 1 saturated heterocycles. The van der Waals surface area contributed by atoms with Crippen molar-refractivity contribution in [2.45, 2.75) is 52.1 Å². The number of rotatable bonds is 6. The number of nitrogen functional groups attached to an aromatic ring is 1. The lowest BCUT2D eigenvalue weighted by Gasteiger charge is -2.26. The lowest BCUT2D eigenvalue weighted by Crippen LogP contribution is -2.39. The minimum atomic E-state index is -0.327. The molecule has 0 amide bonds. The minimum Gasteiger partial charge on any atom is -0.465 e. The fourth-order valence-corrected chi connectivity index (χ4v) is 2.47. The number of hydrogen-bond acceptors (Lipinski definition) is 8. The van der Waals surface area contributed by atoms with Crippen molar-refractivity contribution < 1.29 is 14.3 Å². The standard InChI is InChI=1S/C16H27N5O3/c1-5-23-12(22)10-21(9-11-7-6-8-24-11)15-19-13(16(2,3)4)18-14(17)20-15/h11H,5-10H2,1-4H3,(H2,17,18,19,20). The number of anilines is 2. The van der Waals surface area contributed by atoms with Gasteiger partial charge in [-0.05, 0) is 19.8 Å². The van der Waals surface area contributed by atoms with Crippen LogP contribution in [0.1, 0.15) is 46.4 Å². The molecule has 0 saturated carbocycles. The first kappa shape index (κ1) is 18.4. The summed E-state index contributed by atoms with van der Waals surface area (Å²) >= 11 is 0. The summed E-state index contributed by atoms with van der Waals surface area (Å²) in [5.74, 6) is 0.792. The largest absolute Gasteiger partial charge is 0.465 e. The average Bonchev–Trinajstić information content (AvgIpc) is 2.98. The lowest BCUT2D eigenvalue weighted by atomic mass is 9.96. The first-order chi connectivity index (χ1) is 11.3. The molecule has 134 valence electrons. The molecule has 0 aromatic carbocycles. The Morgan fingerprint density at radius 3 is 2.71 bits per heavy atom. The number of esters is 1. The molecule has 1 unspecified atom stereocenters. The van der Waals surface area contributed by atoms with E-state index in [-0.39, 0.29) is 30.0 Å². The maximum Gasteiger partial charge on any atom is 0.325 e. The molecule has 0 bridgehead atoms. The Bertz CT molecular complexity index is 567. The van der Waals surface area contributed by atoms with Gasteiger partial charge in [0, 0.05) is 18.6 Å².